The molecular weight excluding hydrogens is 318 g/mol. The first-order chi connectivity index (χ1) is 11.6. The zero-order chi connectivity index (χ0) is 16.9. The number of H-pyrrole nitrogens is 1. The van der Waals surface area contributed by atoms with E-state index >= 15 is 0 Å². The van der Waals surface area contributed by atoms with E-state index in [0.717, 1.165) is 12.1 Å². The highest BCUT2D eigenvalue weighted by atomic mass is 19.1. The third kappa shape index (κ3) is 3.78. The number of carbonyl (C=O) groups excluding carboxylic acids is 1. The van der Waals surface area contributed by atoms with Gasteiger partial charge < -0.3 is 4.74 Å². The molecule has 1 N–H and O–H groups in total. The van der Waals surface area contributed by atoms with Crippen LogP contribution in [0.25, 0.3) is 11.5 Å². The van der Waals surface area contributed by atoms with Crippen molar-refractivity contribution >= 4 is 5.78 Å². The van der Waals surface area contributed by atoms with E-state index in [1.54, 1.807) is 24.4 Å². The van der Waals surface area contributed by atoms with Gasteiger partial charge in [-0.3, -0.25) is 14.9 Å². The maximum absolute atomic E-state index is 13.4. The summed E-state index contributed by atoms with van der Waals surface area (Å²) in [7, 11) is 0. The van der Waals surface area contributed by atoms with Crippen LogP contribution in [0, 0.1) is 11.6 Å². The number of hydrogen-bond donors (Lipinski definition) is 1. The molecule has 0 saturated carbocycles. The summed E-state index contributed by atoms with van der Waals surface area (Å²) in [4.78, 5) is 20.2. The van der Waals surface area contributed by atoms with E-state index in [1.165, 1.54) is 0 Å². The number of Topliss-reactive ketones (excluding diaryl/α,β-unsaturated/α-hetero) is 1. The van der Waals surface area contributed by atoms with E-state index in [4.69, 9.17) is 4.74 Å². The first kappa shape index (κ1) is 15.7. The monoisotopic (exact) mass is 330 g/mol. The molecule has 0 aliphatic carbocycles. The number of nitrogens with zero attached hydrogens (tertiary/aromatic N) is 3. The number of halogens is 2. The number of rotatable bonds is 6. The summed E-state index contributed by atoms with van der Waals surface area (Å²) in [6.45, 7) is -0.359. The lowest BCUT2D eigenvalue weighted by Crippen LogP contribution is -2.15. The fourth-order valence-electron chi connectivity index (χ4n) is 1.97. The maximum Gasteiger partial charge on any atom is 0.199 e. The Hall–Kier alpha value is -3.16. The molecule has 2 aromatic heterocycles. The molecule has 8 heteroatoms. The number of benzene rings is 1. The summed E-state index contributed by atoms with van der Waals surface area (Å²) in [5.74, 6) is -1.36. The fourth-order valence-corrected chi connectivity index (χ4v) is 1.97. The predicted molar refractivity (Wildman–Crippen MR) is 80.2 cm³/mol. The molecule has 0 amide bonds. The van der Waals surface area contributed by atoms with Gasteiger partial charge in [-0.05, 0) is 24.3 Å². The lowest BCUT2D eigenvalue weighted by Gasteiger charge is -2.05. The fraction of sp³-hybridized carbons (Fsp3) is 0.125. The molecule has 3 rings (SSSR count). The van der Waals surface area contributed by atoms with Crippen LogP contribution in [0.3, 0.4) is 0 Å². The first-order valence-corrected chi connectivity index (χ1v) is 7.04. The van der Waals surface area contributed by atoms with Crippen molar-refractivity contribution in [3.63, 3.8) is 0 Å². The highest BCUT2D eigenvalue weighted by Gasteiger charge is 2.12. The van der Waals surface area contributed by atoms with Crippen LogP contribution in [-0.2, 0) is 11.2 Å². The normalized spacial score (nSPS) is 10.6. The van der Waals surface area contributed by atoms with Crippen molar-refractivity contribution in [3.8, 4) is 17.3 Å². The van der Waals surface area contributed by atoms with Crippen molar-refractivity contribution in [2.24, 2.45) is 0 Å². The summed E-state index contributed by atoms with van der Waals surface area (Å²) in [6.07, 6.45) is 1.56. The highest BCUT2D eigenvalue weighted by molar-refractivity contribution is 5.81. The summed E-state index contributed by atoms with van der Waals surface area (Å²) >= 11 is 0. The number of aromatic amines is 1. The molecule has 6 nitrogen and oxygen atoms in total. The van der Waals surface area contributed by atoms with Crippen molar-refractivity contribution in [2.75, 3.05) is 6.61 Å². The second-order valence-electron chi connectivity index (χ2n) is 4.90. The molecule has 0 bridgehead atoms. The van der Waals surface area contributed by atoms with Crippen LogP contribution in [-0.4, -0.2) is 32.6 Å². The Balaban J connectivity index is 1.58. The van der Waals surface area contributed by atoms with Crippen molar-refractivity contribution < 1.29 is 18.3 Å². The molecule has 0 aliphatic rings. The molecule has 24 heavy (non-hydrogen) atoms. The van der Waals surface area contributed by atoms with Gasteiger partial charge in [0.2, 0.25) is 0 Å². The van der Waals surface area contributed by atoms with Crippen LogP contribution in [0.4, 0.5) is 8.78 Å². The second-order valence-corrected chi connectivity index (χ2v) is 4.90. The zero-order valence-corrected chi connectivity index (χ0v) is 12.4. The van der Waals surface area contributed by atoms with E-state index in [0.29, 0.717) is 23.4 Å². The van der Waals surface area contributed by atoms with Gasteiger partial charge in [0, 0.05) is 12.3 Å². The molecule has 3 aromatic rings. The standard InChI is InChI=1S/C16H12F2N4O2/c17-10-4-5-14(12(18)7-10)24-9-11(23)8-15-20-16(22-21-15)13-3-1-2-6-19-13/h1-7H,8-9H2,(H,20,21,22). The van der Waals surface area contributed by atoms with E-state index in [2.05, 4.69) is 20.2 Å². The average molecular weight is 330 g/mol. The van der Waals surface area contributed by atoms with Gasteiger partial charge in [0.15, 0.2) is 23.2 Å². The summed E-state index contributed by atoms with van der Waals surface area (Å²) in [5, 5.41) is 6.64. The Morgan fingerprint density at radius 2 is 2.08 bits per heavy atom. The lowest BCUT2D eigenvalue weighted by atomic mass is 10.3. The van der Waals surface area contributed by atoms with Crippen LogP contribution < -0.4 is 4.74 Å². The summed E-state index contributed by atoms with van der Waals surface area (Å²) in [5.41, 5.74) is 0.581. The van der Waals surface area contributed by atoms with Gasteiger partial charge in [-0.2, -0.15) is 5.10 Å². The Bertz CT molecular complexity index is 852. The number of nitrogens with one attached hydrogen (secondary N) is 1. The summed E-state index contributed by atoms with van der Waals surface area (Å²) < 4.78 is 31.2. The van der Waals surface area contributed by atoms with Crippen molar-refractivity contribution in [1.29, 1.82) is 0 Å². The van der Waals surface area contributed by atoms with E-state index < -0.39 is 11.6 Å². The molecule has 122 valence electrons. The third-order valence-corrected chi connectivity index (χ3v) is 3.07. The minimum atomic E-state index is -0.861. The van der Waals surface area contributed by atoms with Crippen LogP contribution in [0.15, 0.2) is 42.6 Å². The number of hydrogen-bond acceptors (Lipinski definition) is 5. The van der Waals surface area contributed by atoms with Gasteiger partial charge in [-0.25, -0.2) is 13.8 Å². The molecule has 0 saturated heterocycles. The quantitative estimate of drug-likeness (QED) is 0.750. The minimum Gasteiger partial charge on any atom is -0.483 e. The molecular formula is C16H12F2N4O2. The van der Waals surface area contributed by atoms with E-state index in [-0.39, 0.29) is 24.6 Å². The lowest BCUT2D eigenvalue weighted by molar-refractivity contribution is -0.120. The maximum atomic E-state index is 13.4. The van der Waals surface area contributed by atoms with E-state index in [9.17, 15) is 13.6 Å². The van der Waals surface area contributed by atoms with Gasteiger partial charge in [-0.1, -0.05) is 6.07 Å². The van der Waals surface area contributed by atoms with Crippen LogP contribution in [0.5, 0.6) is 5.75 Å². The number of aromatic nitrogens is 4. The number of pyridine rings is 1. The smallest absolute Gasteiger partial charge is 0.199 e. The third-order valence-electron chi connectivity index (χ3n) is 3.07. The number of carbonyl (C=O) groups is 1. The minimum absolute atomic E-state index is 0.0529. The topological polar surface area (TPSA) is 80.8 Å². The van der Waals surface area contributed by atoms with E-state index in [1.807, 2.05) is 0 Å². The Morgan fingerprint density at radius 1 is 1.21 bits per heavy atom. The van der Waals surface area contributed by atoms with Crippen LogP contribution in [0.2, 0.25) is 0 Å². The Labute approximate surface area is 135 Å². The summed E-state index contributed by atoms with van der Waals surface area (Å²) in [6, 6.07) is 8.19. The molecule has 0 atom stereocenters. The molecule has 0 aliphatic heterocycles. The van der Waals surface area contributed by atoms with Gasteiger partial charge in [-0.15, -0.1) is 0 Å². The highest BCUT2D eigenvalue weighted by Crippen LogP contribution is 2.17. The van der Waals surface area contributed by atoms with Crippen molar-refractivity contribution in [2.45, 2.75) is 6.42 Å². The van der Waals surface area contributed by atoms with Crippen molar-refractivity contribution in [1.82, 2.24) is 20.2 Å². The Morgan fingerprint density at radius 3 is 2.83 bits per heavy atom. The number of ether oxygens (including phenoxy) is 1. The molecule has 0 unspecified atom stereocenters. The average Bonchev–Trinajstić information content (AvgIpc) is 3.03. The Kier molecular flexibility index (Phi) is 4.55. The van der Waals surface area contributed by atoms with Crippen molar-refractivity contribution in [3.05, 3.63) is 60.1 Å². The van der Waals surface area contributed by atoms with Crippen LogP contribution >= 0.6 is 0 Å². The van der Waals surface area contributed by atoms with Gasteiger partial charge in [0.1, 0.15) is 23.9 Å². The first-order valence-electron chi connectivity index (χ1n) is 7.04. The molecule has 2 heterocycles. The zero-order valence-electron chi connectivity index (χ0n) is 12.4. The SMILES string of the molecule is O=C(COc1ccc(F)cc1F)Cc1nc(-c2ccccn2)n[nH]1. The largest absolute Gasteiger partial charge is 0.483 e. The number of ketones is 1. The van der Waals surface area contributed by atoms with Gasteiger partial charge in [0.05, 0.1) is 6.42 Å². The van der Waals surface area contributed by atoms with Crippen LogP contribution in [0.1, 0.15) is 5.82 Å². The van der Waals surface area contributed by atoms with Gasteiger partial charge >= 0.3 is 0 Å². The molecule has 1 aromatic carbocycles. The molecule has 0 fully saturated rings. The second kappa shape index (κ2) is 6.95. The molecule has 0 radical (unpaired) electrons. The molecule has 0 spiro atoms. The predicted octanol–water partition coefficient (Wildman–Crippen LogP) is 2.34. The van der Waals surface area contributed by atoms with Gasteiger partial charge in [0.25, 0.3) is 0 Å².